The maximum Gasteiger partial charge on any atom is 0.311 e. The molecule has 0 spiro atoms. The highest BCUT2D eigenvalue weighted by molar-refractivity contribution is 5.74. The summed E-state index contributed by atoms with van der Waals surface area (Å²) in [7, 11) is 1.29. The average molecular weight is 223 g/mol. The van der Waals surface area contributed by atoms with Gasteiger partial charge in [0.2, 0.25) is 0 Å². The van der Waals surface area contributed by atoms with Crippen molar-refractivity contribution >= 4 is 17.4 Å². The maximum atomic E-state index is 13.0. The van der Waals surface area contributed by atoms with Gasteiger partial charge in [0, 0.05) is 6.20 Å². The molecule has 0 saturated carbocycles. The number of esters is 1. The molecular weight excluding hydrogens is 213 g/mol. The molecule has 0 bridgehead atoms. The van der Waals surface area contributed by atoms with Gasteiger partial charge in [0.25, 0.3) is 0 Å². The van der Waals surface area contributed by atoms with Crippen molar-refractivity contribution in [1.29, 1.82) is 0 Å². The molecule has 6 heteroatoms. The van der Waals surface area contributed by atoms with Crippen LogP contribution < -0.4 is 5.73 Å². The molecule has 0 atom stereocenters. The van der Waals surface area contributed by atoms with Crippen LogP contribution >= 0.6 is 0 Å². The minimum atomic E-state index is -0.435. The molecule has 0 aliphatic carbocycles. The van der Waals surface area contributed by atoms with Gasteiger partial charge in [-0.2, -0.15) is 0 Å². The number of carbonyl (C=O) groups excluding carboxylic acids is 1. The second-order valence-corrected chi connectivity index (χ2v) is 3.27. The van der Waals surface area contributed by atoms with E-state index in [2.05, 4.69) is 9.72 Å². The number of anilines is 1. The molecule has 0 saturated heterocycles. The predicted octanol–water partition coefficient (Wildman–Crippen LogP) is 0.771. The number of nitrogens with zero attached hydrogens (tertiary/aromatic N) is 2. The summed E-state index contributed by atoms with van der Waals surface area (Å²) in [5, 5.41) is 0. The number of hydrogen-bond acceptors (Lipinski definition) is 4. The van der Waals surface area contributed by atoms with E-state index in [1.54, 1.807) is 0 Å². The minimum Gasteiger partial charge on any atom is -0.469 e. The number of nitrogen functional groups attached to an aromatic ring is 1. The van der Waals surface area contributed by atoms with Crippen LogP contribution in [0.15, 0.2) is 18.3 Å². The Balaban J connectivity index is 2.48. The fraction of sp³-hybridized carbons (Fsp3) is 0.200. The summed E-state index contributed by atoms with van der Waals surface area (Å²) in [5.74, 6) is -0.600. The molecule has 2 aromatic rings. The quantitative estimate of drug-likeness (QED) is 0.763. The van der Waals surface area contributed by atoms with Crippen molar-refractivity contribution in [2.45, 2.75) is 6.42 Å². The van der Waals surface area contributed by atoms with E-state index in [9.17, 15) is 9.18 Å². The Morgan fingerprint density at radius 3 is 3.06 bits per heavy atom. The van der Waals surface area contributed by atoms with Crippen LogP contribution in [-0.2, 0) is 16.0 Å². The van der Waals surface area contributed by atoms with E-state index in [4.69, 9.17) is 5.73 Å². The first kappa shape index (κ1) is 10.4. The lowest BCUT2D eigenvalue weighted by Crippen LogP contribution is -2.07. The van der Waals surface area contributed by atoms with Crippen LogP contribution in [0.4, 0.5) is 10.2 Å². The Labute approximate surface area is 90.6 Å². The lowest BCUT2D eigenvalue weighted by atomic mass is 10.3. The molecule has 0 aromatic carbocycles. The van der Waals surface area contributed by atoms with E-state index >= 15 is 0 Å². The molecule has 16 heavy (non-hydrogen) atoms. The van der Waals surface area contributed by atoms with Crippen LogP contribution in [0.25, 0.3) is 5.65 Å². The van der Waals surface area contributed by atoms with Crippen LogP contribution in [0.3, 0.4) is 0 Å². The molecule has 2 heterocycles. The first-order chi connectivity index (χ1) is 7.61. The van der Waals surface area contributed by atoms with Gasteiger partial charge in [0.15, 0.2) is 0 Å². The average Bonchev–Trinajstić information content (AvgIpc) is 2.56. The molecule has 2 rings (SSSR count). The number of nitrogens with two attached hydrogens (primary N) is 1. The molecule has 84 valence electrons. The van der Waals surface area contributed by atoms with Gasteiger partial charge in [-0.3, -0.25) is 9.20 Å². The molecule has 5 nitrogen and oxygen atoms in total. The lowest BCUT2D eigenvalue weighted by Gasteiger charge is -1.98. The number of pyridine rings is 1. The monoisotopic (exact) mass is 223 g/mol. The van der Waals surface area contributed by atoms with Gasteiger partial charge in [0.1, 0.15) is 17.3 Å². The van der Waals surface area contributed by atoms with Crippen molar-refractivity contribution in [3.63, 3.8) is 0 Å². The lowest BCUT2D eigenvalue weighted by molar-refractivity contribution is -0.139. The van der Waals surface area contributed by atoms with Crippen molar-refractivity contribution in [2.24, 2.45) is 0 Å². The highest BCUT2D eigenvalue weighted by Crippen LogP contribution is 2.16. The standard InChI is InChI=1S/C10H10FN3O2/c1-16-9(15)4-7-10(12)14-5-6(11)2-3-8(14)13-7/h2-3,5H,4,12H2,1H3. The Morgan fingerprint density at radius 2 is 2.38 bits per heavy atom. The largest absolute Gasteiger partial charge is 0.469 e. The molecule has 0 aliphatic heterocycles. The van der Waals surface area contributed by atoms with Gasteiger partial charge in [0.05, 0.1) is 19.2 Å². The highest BCUT2D eigenvalue weighted by Gasteiger charge is 2.13. The van der Waals surface area contributed by atoms with Crippen LogP contribution in [0.1, 0.15) is 5.69 Å². The summed E-state index contributed by atoms with van der Waals surface area (Å²) < 4.78 is 18.9. The van der Waals surface area contributed by atoms with Gasteiger partial charge in [-0.05, 0) is 12.1 Å². The summed E-state index contributed by atoms with van der Waals surface area (Å²) >= 11 is 0. The van der Waals surface area contributed by atoms with Gasteiger partial charge < -0.3 is 10.5 Å². The smallest absolute Gasteiger partial charge is 0.311 e. The third-order valence-corrected chi connectivity index (χ3v) is 2.24. The van der Waals surface area contributed by atoms with Crippen LogP contribution in [0.5, 0.6) is 0 Å². The molecule has 0 unspecified atom stereocenters. The molecule has 0 fully saturated rings. The first-order valence-corrected chi connectivity index (χ1v) is 4.60. The Bertz CT molecular complexity index is 550. The number of ether oxygens (including phenoxy) is 1. The number of methoxy groups -OCH3 is 1. The van der Waals surface area contributed by atoms with Crippen LogP contribution in [-0.4, -0.2) is 22.5 Å². The zero-order chi connectivity index (χ0) is 11.7. The third-order valence-electron chi connectivity index (χ3n) is 2.24. The number of aromatic nitrogens is 2. The van der Waals surface area contributed by atoms with Crippen molar-refractivity contribution in [3.8, 4) is 0 Å². The zero-order valence-electron chi connectivity index (χ0n) is 8.61. The summed E-state index contributed by atoms with van der Waals surface area (Å²) in [5.41, 5.74) is 6.62. The number of halogens is 1. The SMILES string of the molecule is COC(=O)Cc1nc2ccc(F)cn2c1N. The van der Waals surface area contributed by atoms with Gasteiger partial charge in [-0.1, -0.05) is 0 Å². The molecule has 0 aliphatic rings. The topological polar surface area (TPSA) is 69.6 Å². The Hall–Kier alpha value is -2.11. The van der Waals surface area contributed by atoms with E-state index in [1.165, 1.54) is 29.8 Å². The number of carbonyl (C=O) groups is 1. The van der Waals surface area contributed by atoms with Gasteiger partial charge in [-0.25, -0.2) is 9.37 Å². The number of imidazole rings is 1. The molecule has 0 radical (unpaired) electrons. The van der Waals surface area contributed by atoms with Crippen molar-refractivity contribution in [2.75, 3.05) is 12.8 Å². The molecule has 2 aromatic heterocycles. The fourth-order valence-electron chi connectivity index (χ4n) is 1.42. The first-order valence-electron chi connectivity index (χ1n) is 4.60. The van der Waals surface area contributed by atoms with Crippen LogP contribution in [0, 0.1) is 5.82 Å². The van der Waals surface area contributed by atoms with E-state index in [-0.39, 0.29) is 12.2 Å². The second kappa shape index (κ2) is 3.80. The number of rotatable bonds is 2. The number of fused-ring (bicyclic) bond motifs is 1. The summed E-state index contributed by atoms with van der Waals surface area (Å²) in [4.78, 5) is 15.2. The maximum absolute atomic E-state index is 13.0. The van der Waals surface area contributed by atoms with E-state index in [1.807, 2.05) is 0 Å². The van der Waals surface area contributed by atoms with E-state index < -0.39 is 11.8 Å². The van der Waals surface area contributed by atoms with Crippen molar-refractivity contribution in [3.05, 3.63) is 29.8 Å². The highest BCUT2D eigenvalue weighted by atomic mass is 19.1. The fourth-order valence-corrected chi connectivity index (χ4v) is 1.42. The van der Waals surface area contributed by atoms with E-state index in [0.29, 0.717) is 11.3 Å². The number of hydrogen-bond donors (Lipinski definition) is 1. The Morgan fingerprint density at radius 1 is 1.62 bits per heavy atom. The molecular formula is C10H10FN3O2. The molecule has 2 N–H and O–H groups in total. The normalized spacial score (nSPS) is 10.6. The van der Waals surface area contributed by atoms with Crippen LogP contribution in [0.2, 0.25) is 0 Å². The predicted molar refractivity (Wildman–Crippen MR) is 55.3 cm³/mol. The summed E-state index contributed by atoms with van der Waals surface area (Å²) in [6, 6.07) is 2.77. The summed E-state index contributed by atoms with van der Waals surface area (Å²) in [6.45, 7) is 0. The minimum absolute atomic E-state index is 0.0222. The van der Waals surface area contributed by atoms with E-state index in [0.717, 1.165) is 0 Å². The van der Waals surface area contributed by atoms with Gasteiger partial charge in [-0.15, -0.1) is 0 Å². The van der Waals surface area contributed by atoms with Gasteiger partial charge >= 0.3 is 5.97 Å². The Kier molecular flexibility index (Phi) is 2.47. The second-order valence-electron chi connectivity index (χ2n) is 3.27. The third kappa shape index (κ3) is 1.69. The zero-order valence-corrected chi connectivity index (χ0v) is 8.61. The van der Waals surface area contributed by atoms with Crippen molar-refractivity contribution < 1.29 is 13.9 Å². The van der Waals surface area contributed by atoms with Crippen molar-refractivity contribution in [1.82, 2.24) is 9.38 Å². The summed E-state index contributed by atoms with van der Waals surface area (Å²) in [6.07, 6.45) is 1.20. The molecule has 0 amide bonds.